The van der Waals surface area contributed by atoms with Gasteiger partial charge >= 0.3 is 0 Å². The van der Waals surface area contributed by atoms with Gasteiger partial charge in [0, 0.05) is 66.1 Å². The van der Waals surface area contributed by atoms with Crippen molar-refractivity contribution in [3.8, 4) is 135 Å². The van der Waals surface area contributed by atoms with Gasteiger partial charge in [-0.05, 0) is 140 Å². The van der Waals surface area contributed by atoms with E-state index in [0.717, 1.165) is 210 Å². The summed E-state index contributed by atoms with van der Waals surface area (Å²) in [6, 6.07) is 98.1. The first-order valence-electron chi connectivity index (χ1n) is 43.5. The van der Waals surface area contributed by atoms with Gasteiger partial charge in [0.05, 0.1) is 0 Å². The van der Waals surface area contributed by atoms with E-state index in [1.54, 1.807) is 0 Å². The van der Waals surface area contributed by atoms with Crippen molar-refractivity contribution in [3.63, 3.8) is 0 Å². The first-order chi connectivity index (χ1) is 57.5. The van der Waals surface area contributed by atoms with Gasteiger partial charge in [0.1, 0.15) is 22.6 Å². The van der Waals surface area contributed by atoms with Crippen LogP contribution < -0.4 is 0 Å². The molecule has 0 amide bonds. The van der Waals surface area contributed by atoms with Crippen molar-refractivity contribution in [1.29, 1.82) is 0 Å². The number of unbranched alkanes of at least 4 members (excludes halogenated alkanes) is 16. The maximum absolute atomic E-state index is 6.32. The molecule has 0 aliphatic carbocycles. The highest BCUT2D eigenvalue weighted by Gasteiger charge is 2.38. The van der Waals surface area contributed by atoms with Crippen molar-refractivity contribution in [2.24, 2.45) is 0 Å². The summed E-state index contributed by atoms with van der Waals surface area (Å²) in [5.41, 5.74) is 28.6. The number of fused-ring (bicyclic) bond motifs is 20. The maximum Gasteiger partial charge on any atom is 0.165 e. The molecule has 0 radical (unpaired) electrons. The predicted molar refractivity (Wildman–Crippen MR) is 489 cm³/mol. The summed E-state index contributed by atoms with van der Waals surface area (Å²) < 4.78 is 0. The largest absolute Gasteiger partial charge is 0.324 e. The molecule has 2 aliphatic heterocycles. The van der Waals surface area contributed by atoms with Crippen LogP contribution in [0, 0.1) is 0 Å². The number of hydrogen-bond acceptors (Lipinski definition) is 6. The lowest BCUT2D eigenvalue weighted by molar-refractivity contribution is 0.631. The molecule has 3 aromatic heterocycles. The Morgan fingerprint density at radius 1 is 0.172 bits per heavy atom. The highest BCUT2D eigenvalue weighted by molar-refractivity contribution is 6.19. The van der Waals surface area contributed by atoms with E-state index >= 15 is 0 Å². The summed E-state index contributed by atoms with van der Waals surface area (Å²) in [6.45, 7) is 9.23. The summed E-state index contributed by atoms with van der Waals surface area (Å²) in [4.78, 5) is 46.0. The third-order valence-corrected chi connectivity index (χ3v) is 24.1. The molecule has 0 saturated heterocycles. The standard InChI is InChI=1S/C108H106N8/c1-5-9-13-17-29-65-81-69-70-82(66-30-18-14-10-6-2)94-93(81)101-109-102(94)112-106-99-91(79-61-45-27-46-62-79)87(75-53-37-23-38-54-75)88(76-55-39-24-40-56-76)92(80-63-47-28-48-64-80)100(99)108(116-106)114-104-96-84(68-32-20-16-12-8-4)72-71-83(67-31-19-15-11-7-3)95(96)103(110-104)113-107-98-90(78-59-43-26-44-60-78)86(74-51-35-22-36-52-74)85(73-49-33-21-34-50-73)89(77-57-41-25-42-58-77)97(98)105(111-101)115-107/h21-28,33-64,69-72H,5-20,29-32,65-68H2,1-4H3,(H2,109,110,111,112,113,114,115,116). The molecule has 2 N–H and O–H groups in total. The van der Waals surface area contributed by atoms with E-state index in [0.29, 0.717) is 45.9 Å². The summed E-state index contributed by atoms with van der Waals surface area (Å²) in [6.07, 6.45) is 26.4. The second-order valence-electron chi connectivity index (χ2n) is 32.0. The smallest absolute Gasteiger partial charge is 0.165 e. The summed E-state index contributed by atoms with van der Waals surface area (Å²) in [5, 5.41) is 4.31. The average molecular weight is 1520 g/mol. The van der Waals surface area contributed by atoms with Gasteiger partial charge in [-0.15, -0.1) is 0 Å². The molecule has 116 heavy (non-hydrogen) atoms. The molecule has 12 aromatic carbocycles. The van der Waals surface area contributed by atoms with E-state index < -0.39 is 0 Å². The molecule has 2 aliphatic rings. The zero-order valence-electron chi connectivity index (χ0n) is 68.1. The maximum atomic E-state index is 6.32. The third-order valence-electron chi connectivity index (χ3n) is 24.1. The lowest BCUT2D eigenvalue weighted by atomic mass is 9.77. The Morgan fingerprint density at radius 3 is 0.509 bits per heavy atom. The summed E-state index contributed by atoms with van der Waals surface area (Å²) >= 11 is 0. The molecule has 8 bridgehead atoms. The van der Waals surface area contributed by atoms with Gasteiger partial charge in [-0.3, -0.25) is 0 Å². The molecule has 0 spiro atoms. The Bertz CT molecular complexity index is 5360. The van der Waals surface area contributed by atoms with E-state index in [4.69, 9.17) is 29.9 Å². The van der Waals surface area contributed by atoms with Crippen LogP contribution in [0.2, 0.25) is 0 Å². The summed E-state index contributed by atoms with van der Waals surface area (Å²) in [7, 11) is 0. The van der Waals surface area contributed by atoms with Crippen molar-refractivity contribution < 1.29 is 0 Å². The summed E-state index contributed by atoms with van der Waals surface area (Å²) in [5.74, 6) is 2.32. The number of aromatic amines is 2. The number of aryl methyl sites for hydroxylation is 4. The van der Waals surface area contributed by atoms with Gasteiger partial charge in [-0.1, -0.05) is 397 Å². The fraction of sp³-hybridized carbons (Fsp3) is 0.259. The minimum atomic E-state index is 0.580. The van der Waals surface area contributed by atoms with Crippen molar-refractivity contribution in [2.75, 3.05) is 0 Å². The van der Waals surface area contributed by atoms with Gasteiger partial charge in [0.2, 0.25) is 0 Å². The SMILES string of the molecule is CCCCCCCc1ccc(CCCCCCC)c2c3nc4nc(nc5[nH]c(nc6nc(nc([nH]3)c12)-c1c(-c2ccccc2)c(-c2ccccc2)c(-c2ccccc2)c(-c2ccccc2)c1-6)c1c(CCCCCCC)ccc(CCCCCCC)c51)-c1c(-c2ccccc2)c(-c2ccccc2)c(-c2ccccc2)c(-c2ccccc2)c1-4. The Hall–Kier alpha value is -12.0. The zero-order chi connectivity index (χ0) is 78.5. The lowest BCUT2D eigenvalue weighted by Gasteiger charge is -2.25. The molecule has 8 nitrogen and oxygen atoms in total. The number of aromatic nitrogens is 8. The Morgan fingerprint density at radius 2 is 0.336 bits per heavy atom. The van der Waals surface area contributed by atoms with Crippen molar-refractivity contribution in [3.05, 3.63) is 289 Å². The molecule has 0 unspecified atom stereocenters. The fourth-order valence-electron chi connectivity index (χ4n) is 18.5. The van der Waals surface area contributed by atoms with Crippen LogP contribution in [0.1, 0.15) is 178 Å². The highest BCUT2D eigenvalue weighted by atomic mass is 15.1. The molecule has 0 atom stereocenters. The molecule has 8 heteroatoms. The highest BCUT2D eigenvalue weighted by Crippen LogP contribution is 2.59. The van der Waals surface area contributed by atoms with Gasteiger partial charge in [0.25, 0.3) is 0 Å². The minimum absolute atomic E-state index is 0.580. The molecule has 578 valence electrons. The van der Waals surface area contributed by atoms with Crippen LogP contribution in [-0.2, 0) is 25.7 Å². The second-order valence-corrected chi connectivity index (χ2v) is 32.0. The van der Waals surface area contributed by atoms with Crippen LogP contribution in [0.3, 0.4) is 0 Å². The van der Waals surface area contributed by atoms with E-state index in [-0.39, 0.29) is 0 Å². The number of benzene rings is 12. The number of nitrogens with one attached hydrogen (secondary N) is 2. The monoisotopic (exact) mass is 1510 g/mol. The van der Waals surface area contributed by atoms with Gasteiger partial charge in [0.15, 0.2) is 23.3 Å². The van der Waals surface area contributed by atoms with Crippen LogP contribution in [0.25, 0.3) is 179 Å². The van der Waals surface area contributed by atoms with Crippen LogP contribution in [0.4, 0.5) is 0 Å². The molecular weight excluding hydrogens is 1410 g/mol. The van der Waals surface area contributed by atoms with E-state index in [2.05, 4.69) is 305 Å². The van der Waals surface area contributed by atoms with Crippen LogP contribution in [-0.4, -0.2) is 39.9 Å². The van der Waals surface area contributed by atoms with E-state index in [1.807, 2.05) is 0 Å². The topological polar surface area (TPSA) is 109 Å². The molecule has 0 saturated carbocycles. The van der Waals surface area contributed by atoms with E-state index in [9.17, 15) is 0 Å². The van der Waals surface area contributed by atoms with Crippen LogP contribution in [0.5, 0.6) is 0 Å². The van der Waals surface area contributed by atoms with Gasteiger partial charge < -0.3 is 9.97 Å². The van der Waals surface area contributed by atoms with Crippen LogP contribution >= 0.6 is 0 Å². The quantitative estimate of drug-likeness (QED) is 0.0407. The van der Waals surface area contributed by atoms with Crippen molar-refractivity contribution in [1.82, 2.24) is 39.9 Å². The first kappa shape index (κ1) is 76.6. The Balaban J connectivity index is 1.13. The Kier molecular flexibility index (Phi) is 23.9. The van der Waals surface area contributed by atoms with Gasteiger partial charge in [-0.25, -0.2) is 29.9 Å². The molecule has 15 aromatic rings. The average Bonchev–Trinajstić information content (AvgIpc) is 1.43. The Labute approximate surface area is 685 Å². The zero-order valence-corrected chi connectivity index (χ0v) is 68.1. The molecule has 17 rings (SSSR count). The first-order valence-corrected chi connectivity index (χ1v) is 43.5. The normalized spacial score (nSPS) is 11.8. The lowest BCUT2D eigenvalue weighted by Crippen LogP contribution is -2.00. The van der Waals surface area contributed by atoms with Gasteiger partial charge in [-0.2, -0.15) is 0 Å². The number of H-pyrrole nitrogens is 2. The van der Waals surface area contributed by atoms with Crippen LogP contribution in [0.15, 0.2) is 267 Å². The third kappa shape index (κ3) is 15.6. The molecule has 5 heterocycles. The number of rotatable bonds is 32. The number of hydrogen-bond donors (Lipinski definition) is 2. The fourth-order valence-corrected chi connectivity index (χ4v) is 18.5. The molecular formula is C108H106N8. The number of nitrogens with zero attached hydrogens (tertiary/aromatic N) is 6. The second kappa shape index (κ2) is 36.2. The van der Waals surface area contributed by atoms with Crippen molar-refractivity contribution >= 4 is 44.1 Å². The predicted octanol–water partition coefficient (Wildman–Crippen LogP) is 30.3. The molecule has 0 fully saturated rings. The minimum Gasteiger partial charge on any atom is -0.324 e. The van der Waals surface area contributed by atoms with Crippen molar-refractivity contribution in [2.45, 2.75) is 182 Å². The van der Waals surface area contributed by atoms with E-state index in [1.165, 1.54) is 99.3 Å².